The molecule has 66 valence electrons. The maximum atomic E-state index is 9.90. The predicted molar refractivity (Wildman–Crippen MR) is 52.4 cm³/mol. The van der Waals surface area contributed by atoms with Gasteiger partial charge in [-0.3, -0.25) is 0 Å². The van der Waals surface area contributed by atoms with Crippen LogP contribution in [0.1, 0.15) is 5.56 Å². The number of hydrogen-bond acceptors (Lipinski definition) is 2. The van der Waals surface area contributed by atoms with E-state index >= 15 is 0 Å². The minimum atomic E-state index is 0.461. The van der Waals surface area contributed by atoms with E-state index in [2.05, 4.69) is 11.6 Å². The number of carbonyl (C=O) groups excluding carboxylic acids is 1. The van der Waals surface area contributed by atoms with Crippen LogP contribution in [0.5, 0.6) is 0 Å². The van der Waals surface area contributed by atoms with Crippen molar-refractivity contribution in [3.05, 3.63) is 47.1 Å². The highest BCUT2D eigenvalue weighted by Gasteiger charge is 1.99. The number of rotatable bonds is 3. The number of hydrogen-bond donors (Lipinski definition) is 0. The SMILES string of the molecule is C=C(Cc1ccccc1Cl)N=C=O. The van der Waals surface area contributed by atoms with E-state index < -0.39 is 0 Å². The fourth-order valence-electron chi connectivity index (χ4n) is 0.966. The van der Waals surface area contributed by atoms with Crippen molar-refractivity contribution in [2.24, 2.45) is 4.99 Å². The fraction of sp³-hybridized carbons (Fsp3) is 0.100. The fourth-order valence-corrected chi connectivity index (χ4v) is 1.17. The van der Waals surface area contributed by atoms with Crippen molar-refractivity contribution in [1.82, 2.24) is 0 Å². The quantitative estimate of drug-likeness (QED) is 0.536. The second kappa shape index (κ2) is 4.61. The van der Waals surface area contributed by atoms with Gasteiger partial charge in [0.05, 0.1) is 5.70 Å². The largest absolute Gasteiger partial charge is 0.240 e. The molecule has 0 unspecified atom stereocenters. The molecule has 0 saturated carbocycles. The number of nitrogens with zero attached hydrogens (tertiary/aromatic N) is 1. The highest BCUT2D eigenvalue weighted by atomic mass is 35.5. The molecule has 0 aliphatic carbocycles. The van der Waals surface area contributed by atoms with Gasteiger partial charge < -0.3 is 0 Å². The first-order valence-corrected chi connectivity index (χ1v) is 4.11. The van der Waals surface area contributed by atoms with E-state index in [1.54, 1.807) is 6.07 Å². The Morgan fingerprint density at radius 1 is 1.54 bits per heavy atom. The molecule has 0 amide bonds. The van der Waals surface area contributed by atoms with E-state index in [0.717, 1.165) is 5.56 Å². The lowest BCUT2D eigenvalue weighted by Crippen LogP contribution is -1.87. The summed E-state index contributed by atoms with van der Waals surface area (Å²) in [5, 5.41) is 0.657. The maximum Gasteiger partial charge on any atom is 0.240 e. The summed E-state index contributed by atoms with van der Waals surface area (Å²) in [6.07, 6.45) is 1.92. The number of isocyanates is 1. The van der Waals surface area contributed by atoms with Gasteiger partial charge in [0, 0.05) is 11.4 Å². The van der Waals surface area contributed by atoms with E-state index in [4.69, 9.17) is 11.6 Å². The van der Waals surface area contributed by atoms with E-state index in [1.807, 2.05) is 18.2 Å². The molecule has 0 saturated heterocycles. The third kappa shape index (κ3) is 2.86. The minimum absolute atomic E-state index is 0.461. The van der Waals surface area contributed by atoms with Crippen LogP contribution in [0.4, 0.5) is 0 Å². The van der Waals surface area contributed by atoms with Gasteiger partial charge in [0.1, 0.15) is 0 Å². The van der Waals surface area contributed by atoms with Crippen molar-refractivity contribution in [3.8, 4) is 0 Å². The van der Waals surface area contributed by atoms with Crippen LogP contribution < -0.4 is 0 Å². The molecule has 2 nitrogen and oxygen atoms in total. The zero-order valence-electron chi connectivity index (χ0n) is 6.96. The Hall–Kier alpha value is -1.37. The molecule has 0 atom stereocenters. The first kappa shape index (κ1) is 9.72. The molecule has 0 fully saturated rings. The van der Waals surface area contributed by atoms with Crippen LogP contribution in [0, 0.1) is 0 Å². The van der Waals surface area contributed by atoms with Crippen molar-refractivity contribution in [3.63, 3.8) is 0 Å². The van der Waals surface area contributed by atoms with Gasteiger partial charge in [0.25, 0.3) is 0 Å². The molecule has 3 heteroatoms. The van der Waals surface area contributed by atoms with Crippen LogP contribution in [-0.4, -0.2) is 6.08 Å². The number of benzene rings is 1. The van der Waals surface area contributed by atoms with Gasteiger partial charge in [0.15, 0.2) is 0 Å². The molecule has 1 aromatic carbocycles. The molecular weight excluding hydrogens is 186 g/mol. The minimum Gasteiger partial charge on any atom is -0.211 e. The predicted octanol–water partition coefficient (Wildman–Crippen LogP) is 2.73. The standard InChI is InChI=1S/C10H8ClNO/c1-8(12-7-13)6-9-4-2-3-5-10(9)11/h2-5H,1,6H2. The molecule has 0 aliphatic heterocycles. The number of halogens is 1. The second-order valence-corrected chi connectivity index (χ2v) is 2.94. The van der Waals surface area contributed by atoms with Crippen molar-refractivity contribution in [2.45, 2.75) is 6.42 Å². The van der Waals surface area contributed by atoms with Crippen LogP contribution in [-0.2, 0) is 11.2 Å². The van der Waals surface area contributed by atoms with Crippen molar-refractivity contribution >= 4 is 17.7 Å². The van der Waals surface area contributed by atoms with Crippen molar-refractivity contribution in [2.75, 3.05) is 0 Å². The second-order valence-electron chi connectivity index (χ2n) is 2.54. The van der Waals surface area contributed by atoms with Gasteiger partial charge in [-0.15, -0.1) is 0 Å². The van der Waals surface area contributed by atoms with E-state index in [-0.39, 0.29) is 0 Å². The highest BCUT2D eigenvalue weighted by Crippen LogP contribution is 2.17. The summed E-state index contributed by atoms with van der Waals surface area (Å²) in [7, 11) is 0. The molecule has 0 radical (unpaired) electrons. The molecule has 0 aromatic heterocycles. The zero-order valence-corrected chi connectivity index (χ0v) is 7.71. The summed E-state index contributed by atoms with van der Waals surface area (Å²) in [6, 6.07) is 7.37. The summed E-state index contributed by atoms with van der Waals surface area (Å²) < 4.78 is 0. The normalized spacial score (nSPS) is 9.00. The van der Waals surface area contributed by atoms with Crippen LogP contribution in [0.2, 0.25) is 5.02 Å². The summed E-state index contributed by atoms with van der Waals surface area (Å²) in [6.45, 7) is 3.59. The van der Waals surface area contributed by atoms with Crippen LogP contribution in [0.15, 0.2) is 41.5 Å². The number of aliphatic imine (C=N–C) groups is 1. The Morgan fingerprint density at radius 2 is 2.23 bits per heavy atom. The van der Waals surface area contributed by atoms with Crippen LogP contribution in [0.25, 0.3) is 0 Å². The number of allylic oxidation sites excluding steroid dienone is 1. The van der Waals surface area contributed by atoms with E-state index in [1.165, 1.54) is 6.08 Å². The summed E-state index contributed by atoms with van der Waals surface area (Å²) in [5.74, 6) is 0. The monoisotopic (exact) mass is 193 g/mol. The van der Waals surface area contributed by atoms with Gasteiger partial charge >= 0.3 is 0 Å². The summed E-state index contributed by atoms with van der Waals surface area (Å²) >= 11 is 5.89. The smallest absolute Gasteiger partial charge is 0.211 e. The van der Waals surface area contributed by atoms with Crippen LogP contribution >= 0.6 is 11.6 Å². The Morgan fingerprint density at radius 3 is 2.85 bits per heavy atom. The lowest BCUT2D eigenvalue weighted by atomic mass is 10.1. The Bertz CT molecular complexity index is 367. The third-order valence-corrected chi connectivity index (χ3v) is 1.92. The molecule has 0 spiro atoms. The zero-order chi connectivity index (χ0) is 9.68. The molecule has 0 heterocycles. The molecular formula is C10H8ClNO. The van der Waals surface area contributed by atoms with Gasteiger partial charge in [-0.1, -0.05) is 36.4 Å². The van der Waals surface area contributed by atoms with Crippen molar-refractivity contribution < 1.29 is 4.79 Å². The molecule has 0 bridgehead atoms. The first-order chi connectivity index (χ1) is 6.24. The maximum absolute atomic E-state index is 9.90. The third-order valence-electron chi connectivity index (χ3n) is 1.56. The molecule has 1 aromatic rings. The summed E-state index contributed by atoms with van der Waals surface area (Å²) in [5.41, 5.74) is 1.37. The van der Waals surface area contributed by atoms with E-state index in [9.17, 15) is 4.79 Å². The van der Waals surface area contributed by atoms with Gasteiger partial charge in [0.2, 0.25) is 6.08 Å². The molecule has 0 N–H and O–H groups in total. The van der Waals surface area contributed by atoms with Crippen LogP contribution in [0.3, 0.4) is 0 Å². The van der Waals surface area contributed by atoms with Gasteiger partial charge in [-0.25, -0.2) is 4.79 Å². The lowest BCUT2D eigenvalue weighted by Gasteiger charge is -2.01. The average Bonchev–Trinajstić information content (AvgIpc) is 2.09. The lowest BCUT2D eigenvalue weighted by molar-refractivity contribution is 0.564. The van der Waals surface area contributed by atoms with E-state index in [0.29, 0.717) is 17.1 Å². The molecule has 1 rings (SSSR count). The first-order valence-electron chi connectivity index (χ1n) is 3.73. The Labute approximate surface area is 81.6 Å². The Kier molecular flexibility index (Phi) is 3.44. The van der Waals surface area contributed by atoms with Crippen molar-refractivity contribution in [1.29, 1.82) is 0 Å². The summed E-state index contributed by atoms with van der Waals surface area (Å²) in [4.78, 5) is 13.3. The van der Waals surface area contributed by atoms with Gasteiger partial charge in [-0.2, -0.15) is 4.99 Å². The average molecular weight is 194 g/mol. The van der Waals surface area contributed by atoms with Gasteiger partial charge in [-0.05, 0) is 11.6 Å². The Balaban J connectivity index is 2.80. The molecule has 13 heavy (non-hydrogen) atoms. The topological polar surface area (TPSA) is 29.4 Å². The molecule has 0 aliphatic rings. The highest BCUT2D eigenvalue weighted by molar-refractivity contribution is 6.31.